The topological polar surface area (TPSA) is 62.7 Å². The van der Waals surface area contributed by atoms with Gasteiger partial charge in [-0.2, -0.15) is 5.26 Å². The van der Waals surface area contributed by atoms with Gasteiger partial charge in [-0.25, -0.2) is 4.98 Å². The highest BCUT2D eigenvalue weighted by Crippen LogP contribution is 2.36. The Morgan fingerprint density at radius 1 is 1.08 bits per heavy atom. The number of hydrogen-bond donors (Lipinski definition) is 1. The van der Waals surface area contributed by atoms with Crippen LogP contribution in [0.25, 0.3) is 22.4 Å². The Bertz CT molecular complexity index is 999. The molecule has 0 saturated heterocycles. The molecular formula is C22H20ClN3. The van der Waals surface area contributed by atoms with Gasteiger partial charge in [0, 0.05) is 16.1 Å². The lowest BCUT2D eigenvalue weighted by Crippen LogP contribution is -2.03. The molecule has 2 N–H and O–H groups in total. The van der Waals surface area contributed by atoms with Gasteiger partial charge in [-0.1, -0.05) is 61.8 Å². The Morgan fingerprint density at radius 2 is 1.77 bits per heavy atom. The number of nitrogens with two attached hydrogens (primary N) is 1. The van der Waals surface area contributed by atoms with Crippen molar-refractivity contribution in [1.82, 2.24) is 4.98 Å². The van der Waals surface area contributed by atoms with Gasteiger partial charge in [-0.15, -0.1) is 0 Å². The van der Waals surface area contributed by atoms with Gasteiger partial charge in [0.05, 0.1) is 5.69 Å². The Morgan fingerprint density at radius 3 is 2.35 bits per heavy atom. The van der Waals surface area contributed by atoms with E-state index in [1.54, 1.807) is 0 Å². The maximum atomic E-state index is 9.64. The molecule has 3 rings (SSSR count). The summed E-state index contributed by atoms with van der Waals surface area (Å²) in [4.78, 5) is 4.48. The number of rotatable bonds is 3. The number of anilines is 1. The molecule has 1 aromatic heterocycles. The number of benzene rings is 2. The number of aromatic nitrogens is 1. The average molecular weight is 362 g/mol. The molecule has 0 bridgehead atoms. The molecule has 0 aliphatic heterocycles. The van der Waals surface area contributed by atoms with Crippen LogP contribution < -0.4 is 5.73 Å². The van der Waals surface area contributed by atoms with E-state index in [2.05, 4.69) is 37.0 Å². The molecule has 3 aromatic rings. The van der Waals surface area contributed by atoms with Crippen LogP contribution in [0, 0.1) is 18.3 Å². The van der Waals surface area contributed by atoms with Gasteiger partial charge < -0.3 is 5.73 Å². The first-order valence-corrected chi connectivity index (χ1v) is 8.86. The Balaban J connectivity index is 2.25. The summed E-state index contributed by atoms with van der Waals surface area (Å²) in [7, 11) is 0. The van der Waals surface area contributed by atoms with E-state index in [1.807, 2.05) is 43.3 Å². The standard InChI is InChI=1S/C22H20ClN3/c1-13(2)15-7-9-16(10-8-15)20-14(3)21(26-22(25)19(20)12-24)17-5-4-6-18(23)11-17/h4-11,13H,1-3H3,(H2,25,26). The fraction of sp³-hybridized carbons (Fsp3) is 0.182. The molecule has 3 nitrogen and oxygen atoms in total. The summed E-state index contributed by atoms with van der Waals surface area (Å²) < 4.78 is 0. The third-order valence-corrected chi connectivity index (χ3v) is 4.78. The van der Waals surface area contributed by atoms with Gasteiger partial charge in [-0.05, 0) is 41.7 Å². The largest absolute Gasteiger partial charge is 0.383 e. The van der Waals surface area contributed by atoms with E-state index in [-0.39, 0.29) is 5.82 Å². The molecule has 0 atom stereocenters. The predicted octanol–water partition coefficient (Wildman–Crippen LogP) is 5.95. The number of nitrogen functional groups attached to an aromatic ring is 1. The normalized spacial score (nSPS) is 10.8. The Labute approximate surface area is 159 Å². The van der Waals surface area contributed by atoms with E-state index in [9.17, 15) is 5.26 Å². The summed E-state index contributed by atoms with van der Waals surface area (Å²) in [6, 6.07) is 18.0. The number of hydrogen-bond acceptors (Lipinski definition) is 3. The molecule has 0 unspecified atom stereocenters. The number of halogens is 1. The number of pyridine rings is 1. The van der Waals surface area contributed by atoms with E-state index >= 15 is 0 Å². The summed E-state index contributed by atoms with van der Waals surface area (Å²) in [5, 5.41) is 10.3. The van der Waals surface area contributed by atoms with Crippen LogP contribution in [-0.2, 0) is 0 Å². The van der Waals surface area contributed by atoms with Crippen molar-refractivity contribution in [2.75, 3.05) is 5.73 Å². The van der Waals surface area contributed by atoms with Crippen molar-refractivity contribution in [3.63, 3.8) is 0 Å². The van der Waals surface area contributed by atoms with Crippen molar-refractivity contribution in [1.29, 1.82) is 5.26 Å². The smallest absolute Gasteiger partial charge is 0.142 e. The van der Waals surface area contributed by atoms with Crippen molar-refractivity contribution in [3.8, 4) is 28.5 Å². The highest BCUT2D eigenvalue weighted by Gasteiger charge is 2.18. The Kier molecular flexibility index (Phi) is 4.97. The molecule has 0 spiro atoms. The fourth-order valence-corrected chi connectivity index (χ4v) is 3.31. The minimum Gasteiger partial charge on any atom is -0.383 e. The van der Waals surface area contributed by atoms with Crippen molar-refractivity contribution < 1.29 is 0 Å². The second-order valence-electron chi connectivity index (χ2n) is 6.62. The minimum absolute atomic E-state index is 0.232. The van der Waals surface area contributed by atoms with E-state index < -0.39 is 0 Å². The van der Waals surface area contributed by atoms with E-state index in [1.165, 1.54) is 5.56 Å². The van der Waals surface area contributed by atoms with Crippen molar-refractivity contribution in [2.45, 2.75) is 26.7 Å². The lowest BCUT2D eigenvalue weighted by molar-refractivity contribution is 0.867. The lowest BCUT2D eigenvalue weighted by atomic mass is 9.91. The van der Waals surface area contributed by atoms with Crippen molar-refractivity contribution >= 4 is 17.4 Å². The molecular weight excluding hydrogens is 342 g/mol. The van der Waals surface area contributed by atoms with Crippen LogP contribution >= 0.6 is 11.6 Å². The quantitative estimate of drug-likeness (QED) is 0.626. The second kappa shape index (κ2) is 7.19. The van der Waals surface area contributed by atoms with Crippen LogP contribution in [0.15, 0.2) is 48.5 Å². The molecule has 0 saturated carbocycles. The monoisotopic (exact) mass is 361 g/mol. The van der Waals surface area contributed by atoms with Crippen LogP contribution in [0.5, 0.6) is 0 Å². The van der Waals surface area contributed by atoms with Gasteiger partial charge in [0.25, 0.3) is 0 Å². The van der Waals surface area contributed by atoms with E-state index in [0.29, 0.717) is 16.5 Å². The third kappa shape index (κ3) is 3.29. The summed E-state index contributed by atoms with van der Waals surface area (Å²) in [5.41, 5.74) is 12.1. The summed E-state index contributed by atoms with van der Waals surface area (Å²) in [6.07, 6.45) is 0. The molecule has 26 heavy (non-hydrogen) atoms. The first-order chi connectivity index (χ1) is 12.4. The molecule has 1 heterocycles. The molecule has 130 valence electrons. The highest BCUT2D eigenvalue weighted by atomic mass is 35.5. The molecule has 0 fully saturated rings. The molecule has 0 amide bonds. The van der Waals surface area contributed by atoms with Crippen molar-refractivity contribution in [2.24, 2.45) is 0 Å². The van der Waals surface area contributed by atoms with Crippen LogP contribution in [0.4, 0.5) is 5.82 Å². The maximum absolute atomic E-state index is 9.64. The molecule has 0 aliphatic carbocycles. The zero-order valence-electron chi connectivity index (χ0n) is 15.0. The molecule has 0 aliphatic rings. The lowest BCUT2D eigenvalue weighted by Gasteiger charge is -2.16. The van der Waals surface area contributed by atoms with Crippen LogP contribution in [0.2, 0.25) is 5.02 Å². The third-order valence-electron chi connectivity index (χ3n) is 4.54. The zero-order chi connectivity index (χ0) is 18.8. The summed E-state index contributed by atoms with van der Waals surface area (Å²) >= 11 is 6.14. The first kappa shape index (κ1) is 18.0. The number of nitrogens with zero attached hydrogens (tertiary/aromatic N) is 2. The van der Waals surface area contributed by atoms with Gasteiger partial charge >= 0.3 is 0 Å². The van der Waals surface area contributed by atoms with Crippen LogP contribution in [0.1, 0.15) is 36.5 Å². The number of nitriles is 1. The first-order valence-electron chi connectivity index (χ1n) is 8.48. The fourth-order valence-electron chi connectivity index (χ4n) is 3.12. The zero-order valence-corrected chi connectivity index (χ0v) is 15.8. The summed E-state index contributed by atoms with van der Waals surface area (Å²) in [5.74, 6) is 0.682. The maximum Gasteiger partial charge on any atom is 0.142 e. The Hall–Kier alpha value is -2.83. The average Bonchev–Trinajstić information content (AvgIpc) is 2.63. The van der Waals surface area contributed by atoms with E-state index in [0.717, 1.165) is 27.9 Å². The molecule has 4 heteroatoms. The van der Waals surface area contributed by atoms with Gasteiger partial charge in [-0.3, -0.25) is 0 Å². The summed E-state index contributed by atoms with van der Waals surface area (Å²) in [6.45, 7) is 6.28. The van der Waals surface area contributed by atoms with Crippen LogP contribution in [0.3, 0.4) is 0 Å². The van der Waals surface area contributed by atoms with Gasteiger partial charge in [0.1, 0.15) is 17.5 Å². The van der Waals surface area contributed by atoms with E-state index in [4.69, 9.17) is 17.3 Å². The van der Waals surface area contributed by atoms with Gasteiger partial charge in [0.2, 0.25) is 0 Å². The second-order valence-corrected chi connectivity index (χ2v) is 7.06. The predicted molar refractivity (Wildman–Crippen MR) is 108 cm³/mol. The molecule has 2 aromatic carbocycles. The van der Waals surface area contributed by atoms with Gasteiger partial charge in [0.15, 0.2) is 0 Å². The van der Waals surface area contributed by atoms with Crippen LogP contribution in [-0.4, -0.2) is 4.98 Å². The van der Waals surface area contributed by atoms with Crippen molar-refractivity contribution in [3.05, 3.63) is 70.2 Å². The SMILES string of the molecule is Cc1c(-c2cccc(Cl)c2)nc(N)c(C#N)c1-c1ccc(C(C)C)cc1. The highest BCUT2D eigenvalue weighted by molar-refractivity contribution is 6.30. The molecule has 0 radical (unpaired) electrons. The minimum atomic E-state index is 0.232.